The van der Waals surface area contributed by atoms with Crippen molar-refractivity contribution in [2.45, 2.75) is 51.6 Å². The quantitative estimate of drug-likeness (QED) is 0.175. The molecule has 1 aromatic rings. The number of amides is 1. The summed E-state index contributed by atoms with van der Waals surface area (Å²) in [6, 6.07) is 0.328. The molecule has 1 amide bonds. The van der Waals surface area contributed by atoms with E-state index in [4.69, 9.17) is 10.6 Å². The van der Waals surface area contributed by atoms with Crippen molar-refractivity contribution < 1.29 is 14.3 Å². The summed E-state index contributed by atoms with van der Waals surface area (Å²) >= 11 is 0. The normalized spacial score (nSPS) is 26.7. The van der Waals surface area contributed by atoms with Crippen LogP contribution in [0.1, 0.15) is 44.7 Å². The van der Waals surface area contributed by atoms with E-state index in [0.717, 1.165) is 43.5 Å². The van der Waals surface area contributed by atoms with Gasteiger partial charge in [-0.2, -0.15) is 0 Å². The number of cyclic esters (lactones) is 1. The molecule has 1 aliphatic carbocycles. The second-order valence-corrected chi connectivity index (χ2v) is 8.13. The van der Waals surface area contributed by atoms with Crippen LogP contribution >= 0.6 is 0 Å². The van der Waals surface area contributed by atoms with Crippen molar-refractivity contribution >= 4 is 24.0 Å². The van der Waals surface area contributed by atoms with Crippen molar-refractivity contribution in [1.29, 1.82) is 0 Å². The first-order chi connectivity index (χ1) is 15.0. The zero-order valence-corrected chi connectivity index (χ0v) is 17.5. The van der Waals surface area contributed by atoms with Gasteiger partial charge < -0.3 is 20.8 Å². The van der Waals surface area contributed by atoms with Crippen molar-refractivity contribution in [3.05, 3.63) is 29.4 Å². The number of nitrogens with one attached hydrogen (secondary N) is 1. The highest BCUT2D eigenvalue weighted by molar-refractivity contribution is 5.94. The lowest BCUT2D eigenvalue weighted by atomic mass is 9.71. The first-order valence-corrected chi connectivity index (χ1v) is 10.4. The van der Waals surface area contributed by atoms with Gasteiger partial charge in [0, 0.05) is 19.1 Å². The summed E-state index contributed by atoms with van der Waals surface area (Å²) in [6.45, 7) is 3.20. The van der Waals surface area contributed by atoms with Crippen LogP contribution in [0.25, 0.3) is 0 Å². The van der Waals surface area contributed by atoms with Gasteiger partial charge in [-0.15, -0.1) is 5.11 Å². The molecule has 164 valence electrons. The van der Waals surface area contributed by atoms with E-state index >= 15 is 0 Å². The minimum atomic E-state index is -0.319. The number of hydrogen-bond donors (Lipinski definition) is 2. The Morgan fingerprint density at radius 3 is 2.74 bits per heavy atom. The number of rotatable bonds is 6. The molecule has 0 atom stereocenters. The Morgan fingerprint density at radius 1 is 1.29 bits per heavy atom. The third kappa shape index (κ3) is 4.31. The van der Waals surface area contributed by atoms with Gasteiger partial charge in [-0.05, 0) is 39.0 Å². The van der Waals surface area contributed by atoms with Crippen molar-refractivity contribution in [3.63, 3.8) is 0 Å². The van der Waals surface area contributed by atoms with E-state index in [1.807, 2.05) is 0 Å². The summed E-state index contributed by atoms with van der Waals surface area (Å²) in [5, 5.41) is 10.0. The molecule has 0 radical (unpaired) electrons. The topological polar surface area (TPSA) is 148 Å². The van der Waals surface area contributed by atoms with Crippen LogP contribution in [0.5, 0.6) is 0 Å². The second kappa shape index (κ2) is 8.88. The van der Waals surface area contributed by atoms with Crippen molar-refractivity contribution in [3.8, 4) is 0 Å². The lowest BCUT2D eigenvalue weighted by molar-refractivity contribution is -0.138. The number of carbonyl (C=O) groups excluding carboxylic acids is 2. The summed E-state index contributed by atoms with van der Waals surface area (Å²) in [6.07, 6.45) is 8.81. The van der Waals surface area contributed by atoms with E-state index in [9.17, 15) is 9.59 Å². The van der Waals surface area contributed by atoms with Crippen molar-refractivity contribution in [2.75, 3.05) is 13.2 Å². The molecule has 1 spiro atoms. The molecule has 11 heteroatoms. The average molecular weight is 426 g/mol. The third-order valence-electron chi connectivity index (χ3n) is 6.43. The number of likely N-dealkylation sites (tertiary alicyclic amines) is 1. The maximum atomic E-state index is 13.2. The highest BCUT2D eigenvalue weighted by Crippen LogP contribution is 2.46. The number of nitrogens with zero attached hydrogens (tertiary/aromatic N) is 6. The predicted octanol–water partition coefficient (Wildman–Crippen LogP) is 1.54. The van der Waals surface area contributed by atoms with Gasteiger partial charge in [0.05, 0.1) is 34.8 Å². The largest absolute Gasteiger partial charge is 0.456 e. The first kappa shape index (κ1) is 21.0. The molecule has 1 saturated heterocycles. The number of carbonyl (C=O) groups is 2. The predicted molar refractivity (Wildman–Crippen MR) is 111 cm³/mol. The first-order valence-electron chi connectivity index (χ1n) is 10.4. The average Bonchev–Trinajstić information content (AvgIpc) is 3.28. The van der Waals surface area contributed by atoms with Crippen LogP contribution in [0.4, 0.5) is 5.82 Å². The smallest absolute Gasteiger partial charge is 0.336 e. The van der Waals surface area contributed by atoms with E-state index in [1.165, 1.54) is 6.34 Å². The maximum absolute atomic E-state index is 13.2. The number of hydrogen-bond acceptors (Lipinski definition) is 8. The summed E-state index contributed by atoms with van der Waals surface area (Å²) in [5.41, 5.74) is 1.81. The van der Waals surface area contributed by atoms with E-state index in [-0.39, 0.29) is 23.9 Å². The minimum absolute atomic E-state index is 0.148. The number of aliphatic imine (C=N–C) groups is 1. The zero-order chi connectivity index (χ0) is 21.8. The van der Waals surface area contributed by atoms with Gasteiger partial charge in [0.25, 0.3) is 0 Å². The van der Waals surface area contributed by atoms with Crippen LogP contribution in [0, 0.1) is 5.41 Å². The fourth-order valence-electron chi connectivity index (χ4n) is 4.53. The number of esters is 1. The summed E-state index contributed by atoms with van der Waals surface area (Å²) in [5.74, 6) is 5.16. The highest BCUT2D eigenvalue weighted by Gasteiger charge is 2.50. The summed E-state index contributed by atoms with van der Waals surface area (Å²) < 4.78 is 5.09. The van der Waals surface area contributed by atoms with Crippen molar-refractivity contribution in [1.82, 2.24) is 20.2 Å². The molecular weight excluding hydrogens is 400 g/mol. The van der Waals surface area contributed by atoms with Gasteiger partial charge in [-0.1, -0.05) is 5.22 Å². The fraction of sp³-hybridized carbons (Fsp3) is 0.550. The lowest BCUT2D eigenvalue weighted by Gasteiger charge is -2.36. The number of ether oxygens (including phenoxy) is 1. The second-order valence-electron chi connectivity index (χ2n) is 8.13. The van der Waals surface area contributed by atoms with Crippen LogP contribution in [0.15, 0.2) is 39.0 Å². The van der Waals surface area contributed by atoms with Crippen LogP contribution in [-0.2, 0) is 20.9 Å². The van der Waals surface area contributed by atoms with Gasteiger partial charge in [0.2, 0.25) is 5.91 Å². The van der Waals surface area contributed by atoms with Gasteiger partial charge in [0.1, 0.15) is 12.9 Å². The van der Waals surface area contributed by atoms with Gasteiger partial charge in [-0.3, -0.25) is 9.78 Å². The Balaban J connectivity index is 1.28. The van der Waals surface area contributed by atoms with E-state index < -0.39 is 0 Å². The standard InChI is InChI=1S/C20H26N8O3/c1-13-16(11-31-18(13)29)28-7-6-20(19(28)30)4-2-14(3-5-20)22-8-15-9-24-17(10-23-15)25-12-26-27-21/h9-10,12,14,22H,2-8,11H2,1H3,(H2,21,24,25,26). The SMILES string of the molecule is CC1=C(N2CCC3(CCC(NCc4cnc(N=CN=NN)cn4)CC3)C2=O)COC1=O. The zero-order valence-electron chi connectivity index (χ0n) is 17.5. The molecule has 4 rings (SSSR count). The molecule has 0 aromatic carbocycles. The molecule has 0 bridgehead atoms. The fourth-order valence-corrected chi connectivity index (χ4v) is 4.53. The van der Waals surface area contributed by atoms with E-state index in [2.05, 4.69) is 30.6 Å². The van der Waals surface area contributed by atoms with Gasteiger partial charge in [0.15, 0.2) is 5.82 Å². The summed E-state index contributed by atoms with van der Waals surface area (Å²) in [4.78, 5) is 39.1. The molecule has 1 aromatic heterocycles. The molecule has 11 nitrogen and oxygen atoms in total. The Labute approximate surface area is 179 Å². The molecule has 3 heterocycles. The monoisotopic (exact) mass is 426 g/mol. The molecule has 3 N–H and O–H groups in total. The van der Waals surface area contributed by atoms with Gasteiger partial charge in [-0.25, -0.2) is 14.8 Å². The van der Waals surface area contributed by atoms with Crippen LogP contribution in [-0.4, -0.2) is 52.3 Å². The minimum Gasteiger partial charge on any atom is -0.456 e. The Bertz CT molecular complexity index is 932. The van der Waals surface area contributed by atoms with Crippen LogP contribution in [0.3, 0.4) is 0 Å². The third-order valence-corrected chi connectivity index (χ3v) is 6.43. The van der Waals surface area contributed by atoms with Crippen LogP contribution in [0.2, 0.25) is 0 Å². The Hall–Kier alpha value is -3.21. The molecule has 2 aliphatic heterocycles. The Morgan fingerprint density at radius 2 is 2.10 bits per heavy atom. The molecule has 1 saturated carbocycles. The maximum Gasteiger partial charge on any atom is 0.336 e. The van der Waals surface area contributed by atoms with Gasteiger partial charge >= 0.3 is 5.97 Å². The molecule has 3 aliphatic rings. The molecule has 31 heavy (non-hydrogen) atoms. The van der Waals surface area contributed by atoms with E-state index in [0.29, 0.717) is 30.5 Å². The number of nitrogens with two attached hydrogens (primary N) is 1. The Kier molecular flexibility index (Phi) is 6.03. The van der Waals surface area contributed by atoms with Crippen molar-refractivity contribution in [2.24, 2.45) is 26.6 Å². The molecule has 2 fully saturated rings. The number of aromatic nitrogens is 2. The van der Waals surface area contributed by atoms with Crippen LogP contribution < -0.4 is 11.2 Å². The highest BCUT2D eigenvalue weighted by atomic mass is 16.5. The molecule has 0 unspecified atom stereocenters. The lowest BCUT2D eigenvalue weighted by Crippen LogP contribution is -2.42. The summed E-state index contributed by atoms with van der Waals surface area (Å²) in [7, 11) is 0. The van der Waals surface area contributed by atoms with E-state index in [1.54, 1.807) is 24.2 Å². The molecular formula is C20H26N8O3.